The molecule has 132 valence electrons. The number of imidazole rings is 1. The van der Waals surface area contributed by atoms with Crippen molar-refractivity contribution in [3.8, 4) is 0 Å². The van der Waals surface area contributed by atoms with E-state index in [0.29, 0.717) is 19.0 Å². The summed E-state index contributed by atoms with van der Waals surface area (Å²) in [5, 5.41) is 8.03. The molecule has 0 atom stereocenters. The number of nitrogens with zero attached hydrogens (tertiary/aromatic N) is 5. The first kappa shape index (κ1) is 17.0. The molecule has 24 heavy (non-hydrogen) atoms. The maximum Gasteiger partial charge on any atom is 0.345 e. The van der Waals surface area contributed by atoms with Crippen molar-refractivity contribution in [2.24, 2.45) is 5.92 Å². The van der Waals surface area contributed by atoms with Crippen LogP contribution in [0, 0.1) is 5.92 Å². The highest BCUT2D eigenvalue weighted by atomic mass is 16.2. The Balaban J connectivity index is 1.72. The minimum atomic E-state index is 0.0135. The van der Waals surface area contributed by atoms with Gasteiger partial charge in [0.25, 0.3) is 0 Å². The third kappa shape index (κ3) is 3.61. The number of hydrogen-bond acceptors (Lipinski definition) is 4. The minimum absolute atomic E-state index is 0.0135. The fourth-order valence-corrected chi connectivity index (χ4v) is 3.50. The molecule has 3 heterocycles. The lowest BCUT2D eigenvalue weighted by atomic mass is 9.94. The van der Waals surface area contributed by atoms with Gasteiger partial charge in [0.05, 0.1) is 6.54 Å². The lowest BCUT2D eigenvalue weighted by Crippen LogP contribution is -2.30. The maximum absolute atomic E-state index is 12.6. The molecule has 1 aliphatic rings. The van der Waals surface area contributed by atoms with Crippen LogP contribution in [-0.2, 0) is 32.5 Å². The Hall–Kier alpha value is -1.89. The normalized spacial score (nSPS) is 15.9. The van der Waals surface area contributed by atoms with Crippen LogP contribution < -0.4 is 11.0 Å². The van der Waals surface area contributed by atoms with Crippen LogP contribution in [0.2, 0.25) is 0 Å². The Bertz CT molecular complexity index is 707. The largest absolute Gasteiger partial charge is 0.345 e. The van der Waals surface area contributed by atoms with Crippen LogP contribution in [0.1, 0.15) is 38.3 Å². The second kappa shape index (κ2) is 7.79. The van der Waals surface area contributed by atoms with Crippen molar-refractivity contribution in [1.82, 2.24) is 29.2 Å². The zero-order valence-corrected chi connectivity index (χ0v) is 14.7. The van der Waals surface area contributed by atoms with Crippen molar-refractivity contribution in [2.75, 3.05) is 13.1 Å². The van der Waals surface area contributed by atoms with Crippen molar-refractivity contribution >= 4 is 0 Å². The number of nitrogens with one attached hydrogen (secondary N) is 1. The molecule has 1 saturated heterocycles. The molecule has 0 radical (unpaired) electrons. The molecule has 1 fully saturated rings. The molecule has 0 saturated carbocycles. The third-order valence-electron chi connectivity index (χ3n) is 4.92. The van der Waals surface area contributed by atoms with E-state index in [1.54, 1.807) is 4.68 Å². The summed E-state index contributed by atoms with van der Waals surface area (Å²) in [4.78, 5) is 16.9. The summed E-state index contributed by atoms with van der Waals surface area (Å²) >= 11 is 0. The molecule has 0 unspecified atom stereocenters. The van der Waals surface area contributed by atoms with Gasteiger partial charge in [-0.15, -0.1) is 0 Å². The van der Waals surface area contributed by atoms with E-state index < -0.39 is 0 Å². The van der Waals surface area contributed by atoms with E-state index in [0.717, 1.165) is 44.1 Å². The molecular weight excluding hydrogens is 304 g/mol. The van der Waals surface area contributed by atoms with E-state index in [1.807, 2.05) is 23.9 Å². The standard InChI is InChI=1S/C17H28N6O/c1-3-15-19-9-10-21(15)11-12-23-17(24)22(4-2)16(20-23)13-14-5-7-18-8-6-14/h9-10,14,18H,3-8,11-13H2,1-2H3. The quantitative estimate of drug-likeness (QED) is 0.823. The summed E-state index contributed by atoms with van der Waals surface area (Å²) in [7, 11) is 0. The molecule has 0 bridgehead atoms. The van der Waals surface area contributed by atoms with Crippen molar-refractivity contribution < 1.29 is 0 Å². The molecular formula is C17H28N6O. The number of aromatic nitrogens is 5. The van der Waals surface area contributed by atoms with E-state index in [2.05, 4.69) is 26.9 Å². The summed E-state index contributed by atoms with van der Waals surface area (Å²) in [5.74, 6) is 2.62. The molecule has 2 aromatic heterocycles. The molecule has 7 heteroatoms. The van der Waals surface area contributed by atoms with Gasteiger partial charge >= 0.3 is 5.69 Å². The molecule has 1 aliphatic heterocycles. The molecule has 0 aliphatic carbocycles. The highest BCUT2D eigenvalue weighted by Crippen LogP contribution is 2.16. The van der Waals surface area contributed by atoms with Crippen molar-refractivity contribution in [2.45, 2.75) is 59.2 Å². The van der Waals surface area contributed by atoms with Gasteiger partial charge in [0, 0.05) is 38.3 Å². The Morgan fingerprint density at radius 1 is 1.21 bits per heavy atom. The van der Waals surface area contributed by atoms with Crippen LogP contribution in [0.25, 0.3) is 0 Å². The minimum Gasteiger partial charge on any atom is -0.333 e. The van der Waals surface area contributed by atoms with Gasteiger partial charge in [-0.1, -0.05) is 6.92 Å². The van der Waals surface area contributed by atoms with Gasteiger partial charge < -0.3 is 9.88 Å². The zero-order valence-electron chi connectivity index (χ0n) is 14.7. The van der Waals surface area contributed by atoms with E-state index in [4.69, 9.17) is 0 Å². The van der Waals surface area contributed by atoms with Crippen LogP contribution in [0.4, 0.5) is 0 Å². The average Bonchev–Trinajstić information content (AvgIpc) is 3.18. The first-order chi connectivity index (χ1) is 11.7. The Morgan fingerprint density at radius 3 is 2.71 bits per heavy atom. The Kier molecular flexibility index (Phi) is 5.50. The summed E-state index contributed by atoms with van der Waals surface area (Å²) in [6.07, 6.45) is 7.92. The number of aryl methyl sites for hydroxylation is 3. The summed E-state index contributed by atoms with van der Waals surface area (Å²) in [6.45, 7) is 8.26. The number of piperidine rings is 1. The smallest absolute Gasteiger partial charge is 0.333 e. The fourth-order valence-electron chi connectivity index (χ4n) is 3.50. The van der Waals surface area contributed by atoms with Gasteiger partial charge in [-0.3, -0.25) is 4.57 Å². The lowest BCUT2D eigenvalue weighted by molar-refractivity contribution is 0.362. The molecule has 2 aromatic rings. The van der Waals surface area contributed by atoms with E-state index in [1.165, 1.54) is 12.8 Å². The first-order valence-electron chi connectivity index (χ1n) is 9.10. The molecule has 0 aromatic carbocycles. The lowest BCUT2D eigenvalue weighted by Gasteiger charge is -2.21. The average molecular weight is 332 g/mol. The molecule has 0 amide bonds. The van der Waals surface area contributed by atoms with Gasteiger partial charge in [0.15, 0.2) is 0 Å². The topological polar surface area (TPSA) is 69.7 Å². The van der Waals surface area contributed by atoms with Crippen molar-refractivity contribution in [3.05, 3.63) is 34.5 Å². The monoisotopic (exact) mass is 332 g/mol. The number of rotatable bonds is 7. The number of hydrogen-bond donors (Lipinski definition) is 1. The van der Waals surface area contributed by atoms with Crippen LogP contribution in [0.5, 0.6) is 0 Å². The van der Waals surface area contributed by atoms with Crippen LogP contribution in [0.3, 0.4) is 0 Å². The third-order valence-corrected chi connectivity index (χ3v) is 4.92. The van der Waals surface area contributed by atoms with Crippen LogP contribution >= 0.6 is 0 Å². The van der Waals surface area contributed by atoms with Gasteiger partial charge in [-0.2, -0.15) is 5.10 Å². The SMILES string of the molecule is CCc1nccn1CCn1nc(CC2CCNCC2)n(CC)c1=O. The van der Waals surface area contributed by atoms with Crippen molar-refractivity contribution in [3.63, 3.8) is 0 Å². The van der Waals surface area contributed by atoms with E-state index in [-0.39, 0.29) is 5.69 Å². The molecule has 3 rings (SSSR count). The second-order valence-corrected chi connectivity index (χ2v) is 6.45. The van der Waals surface area contributed by atoms with Gasteiger partial charge in [0.2, 0.25) is 0 Å². The molecule has 7 nitrogen and oxygen atoms in total. The molecule has 0 spiro atoms. The van der Waals surface area contributed by atoms with E-state index in [9.17, 15) is 4.79 Å². The Labute approximate surface area is 142 Å². The maximum atomic E-state index is 12.6. The summed E-state index contributed by atoms with van der Waals surface area (Å²) in [5.41, 5.74) is 0.0135. The molecule has 1 N–H and O–H groups in total. The fraction of sp³-hybridized carbons (Fsp3) is 0.706. The van der Waals surface area contributed by atoms with Crippen molar-refractivity contribution in [1.29, 1.82) is 0 Å². The van der Waals surface area contributed by atoms with Gasteiger partial charge in [-0.05, 0) is 38.8 Å². The second-order valence-electron chi connectivity index (χ2n) is 6.45. The predicted molar refractivity (Wildman–Crippen MR) is 93.1 cm³/mol. The predicted octanol–water partition coefficient (Wildman–Crippen LogP) is 1.07. The van der Waals surface area contributed by atoms with Gasteiger partial charge in [0.1, 0.15) is 11.6 Å². The van der Waals surface area contributed by atoms with Crippen LogP contribution in [0.15, 0.2) is 17.2 Å². The van der Waals surface area contributed by atoms with E-state index >= 15 is 0 Å². The van der Waals surface area contributed by atoms with Crippen LogP contribution in [-0.4, -0.2) is 37.0 Å². The summed E-state index contributed by atoms with van der Waals surface area (Å²) in [6, 6.07) is 0. The Morgan fingerprint density at radius 2 is 2.00 bits per heavy atom. The highest BCUT2D eigenvalue weighted by Gasteiger charge is 2.19. The highest BCUT2D eigenvalue weighted by molar-refractivity contribution is 4.93. The summed E-state index contributed by atoms with van der Waals surface area (Å²) < 4.78 is 5.56. The first-order valence-corrected chi connectivity index (χ1v) is 9.10. The zero-order chi connectivity index (χ0) is 16.9. The van der Waals surface area contributed by atoms with Gasteiger partial charge in [-0.25, -0.2) is 14.5 Å².